The van der Waals surface area contributed by atoms with Crippen molar-refractivity contribution in [3.8, 4) is 11.1 Å². The molecule has 0 radical (unpaired) electrons. The highest BCUT2D eigenvalue weighted by atomic mass is 16.3. The SMILES string of the molecule is Cc1cc(N(c2ccc(C(C)(C)C)cc2-c2ccccc2)c2coc3cc4c(cc23)C(C)(C)CCC4(C)C)cc(N2c3ccc(C(C)(C)C)cc3C3(C)CCCCC23C)c1. The number of anilines is 5. The molecule has 2 atom stereocenters. The van der Waals surface area contributed by atoms with Crippen molar-refractivity contribution < 1.29 is 4.42 Å². The summed E-state index contributed by atoms with van der Waals surface area (Å²) in [6.45, 7) is 31.0. The normalized spacial score (nSPS) is 22.1. The Morgan fingerprint density at radius 2 is 1.23 bits per heavy atom. The Labute approximate surface area is 361 Å². The minimum absolute atomic E-state index is 0.0126. The first-order chi connectivity index (χ1) is 28.1. The third-order valence-electron chi connectivity index (χ3n) is 15.5. The van der Waals surface area contributed by atoms with E-state index < -0.39 is 0 Å². The first-order valence-electron chi connectivity index (χ1n) is 22.8. The van der Waals surface area contributed by atoms with E-state index in [4.69, 9.17) is 4.42 Å². The smallest absolute Gasteiger partial charge is 0.136 e. The van der Waals surface area contributed by atoms with E-state index in [1.807, 2.05) is 6.26 Å². The van der Waals surface area contributed by atoms with Crippen LogP contribution in [-0.4, -0.2) is 5.54 Å². The van der Waals surface area contributed by atoms with Gasteiger partial charge < -0.3 is 14.2 Å². The number of benzene rings is 5. The van der Waals surface area contributed by atoms with E-state index in [0.717, 1.165) is 40.9 Å². The lowest BCUT2D eigenvalue weighted by atomic mass is 9.61. The van der Waals surface area contributed by atoms with Gasteiger partial charge >= 0.3 is 0 Å². The molecule has 2 unspecified atom stereocenters. The summed E-state index contributed by atoms with van der Waals surface area (Å²) in [4.78, 5) is 5.27. The highest BCUT2D eigenvalue weighted by molar-refractivity contribution is 6.01. The summed E-state index contributed by atoms with van der Waals surface area (Å²) in [6.07, 6.45) is 9.23. The topological polar surface area (TPSA) is 19.6 Å². The van der Waals surface area contributed by atoms with Crippen LogP contribution in [0.3, 0.4) is 0 Å². The molecule has 0 bridgehead atoms. The molecule has 1 fully saturated rings. The van der Waals surface area contributed by atoms with E-state index >= 15 is 0 Å². The third kappa shape index (κ3) is 6.35. The van der Waals surface area contributed by atoms with Gasteiger partial charge in [-0.2, -0.15) is 0 Å². The van der Waals surface area contributed by atoms with E-state index in [0.29, 0.717) is 0 Å². The van der Waals surface area contributed by atoms with Crippen molar-refractivity contribution in [3.63, 3.8) is 0 Å². The molecule has 2 heterocycles. The maximum Gasteiger partial charge on any atom is 0.136 e. The second kappa shape index (κ2) is 13.6. The van der Waals surface area contributed by atoms with Crippen molar-refractivity contribution in [2.24, 2.45) is 0 Å². The van der Waals surface area contributed by atoms with Gasteiger partial charge in [0.2, 0.25) is 0 Å². The summed E-state index contributed by atoms with van der Waals surface area (Å²) >= 11 is 0. The van der Waals surface area contributed by atoms with Crippen LogP contribution < -0.4 is 9.80 Å². The Kier molecular flexibility index (Phi) is 9.23. The molecule has 5 aromatic carbocycles. The van der Waals surface area contributed by atoms with Crippen LogP contribution in [-0.2, 0) is 27.1 Å². The third-order valence-corrected chi connectivity index (χ3v) is 15.5. The summed E-state index contributed by atoms with van der Waals surface area (Å²) in [6, 6.07) is 37.7. The molecule has 9 rings (SSSR count). The number of rotatable bonds is 5. The lowest BCUT2D eigenvalue weighted by Crippen LogP contribution is -2.54. The molecule has 1 saturated carbocycles. The lowest BCUT2D eigenvalue weighted by Gasteiger charge is -2.50. The average Bonchev–Trinajstić information content (AvgIpc) is 3.68. The van der Waals surface area contributed by atoms with Crippen LogP contribution in [0.4, 0.5) is 28.4 Å². The van der Waals surface area contributed by atoms with E-state index in [1.165, 1.54) is 81.6 Å². The van der Waals surface area contributed by atoms with E-state index in [-0.39, 0.29) is 32.6 Å². The molecule has 1 aromatic heterocycles. The minimum atomic E-state index is -0.0661. The molecular weight excluding hydrogens is 729 g/mol. The van der Waals surface area contributed by atoms with Crippen molar-refractivity contribution in [1.82, 2.24) is 0 Å². The fraction of sp³-hybridized carbons (Fsp3) is 0.439. The van der Waals surface area contributed by atoms with E-state index in [9.17, 15) is 0 Å². The van der Waals surface area contributed by atoms with Gasteiger partial charge in [-0.15, -0.1) is 0 Å². The maximum absolute atomic E-state index is 6.72. The molecule has 6 aromatic rings. The highest BCUT2D eigenvalue weighted by Crippen LogP contribution is 2.62. The number of hydrogen-bond acceptors (Lipinski definition) is 3. The Bertz CT molecular complexity index is 2630. The van der Waals surface area contributed by atoms with Crippen molar-refractivity contribution >= 4 is 39.4 Å². The zero-order chi connectivity index (χ0) is 42.8. The number of hydrogen-bond donors (Lipinski definition) is 0. The van der Waals surface area contributed by atoms with Crippen molar-refractivity contribution in [2.75, 3.05) is 9.80 Å². The molecule has 3 nitrogen and oxygen atoms in total. The summed E-state index contributed by atoms with van der Waals surface area (Å²) in [5.74, 6) is 0. The summed E-state index contributed by atoms with van der Waals surface area (Å²) in [7, 11) is 0. The van der Waals surface area contributed by atoms with Crippen molar-refractivity contribution in [1.29, 1.82) is 0 Å². The molecule has 0 N–H and O–H groups in total. The zero-order valence-corrected chi connectivity index (χ0v) is 38.9. The van der Waals surface area contributed by atoms with Crippen LogP contribution in [0.2, 0.25) is 0 Å². The molecule has 0 spiro atoms. The van der Waals surface area contributed by atoms with Gasteiger partial charge in [-0.25, -0.2) is 0 Å². The fourth-order valence-electron chi connectivity index (χ4n) is 11.3. The van der Waals surface area contributed by atoms with Crippen LogP contribution in [0.15, 0.2) is 108 Å². The lowest BCUT2D eigenvalue weighted by molar-refractivity contribution is 0.195. The molecule has 60 heavy (non-hydrogen) atoms. The first-order valence-corrected chi connectivity index (χ1v) is 22.8. The second-order valence-electron chi connectivity index (χ2n) is 22.6. The van der Waals surface area contributed by atoms with Crippen molar-refractivity contribution in [2.45, 2.75) is 161 Å². The quantitative estimate of drug-likeness (QED) is 0.173. The Hall–Kier alpha value is -4.76. The van der Waals surface area contributed by atoms with Gasteiger partial charge in [0.15, 0.2) is 0 Å². The number of nitrogens with zero attached hydrogens (tertiary/aromatic N) is 2. The monoisotopic (exact) mass is 797 g/mol. The van der Waals surface area contributed by atoms with Crippen LogP contribution >= 0.6 is 0 Å². The van der Waals surface area contributed by atoms with Gasteiger partial charge in [0.05, 0.1) is 16.9 Å². The number of fused-ring (bicyclic) bond motifs is 5. The molecular formula is C57H68N2O. The average molecular weight is 797 g/mol. The van der Waals surface area contributed by atoms with Gasteiger partial charge in [0, 0.05) is 33.4 Å². The molecule has 312 valence electrons. The highest BCUT2D eigenvalue weighted by Gasteiger charge is 2.58. The second-order valence-corrected chi connectivity index (χ2v) is 22.6. The summed E-state index contributed by atoms with van der Waals surface area (Å²) in [5.41, 5.74) is 17.9. The van der Waals surface area contributed by atoms with Crippen LogP contribution in [0, 0.1) is 6.92 Å². The number of aryl methyl sites for hydroxylation is 1. The van der Waals surface area contributed by atoms with Crippen molar-refractivity contribution in [3.05, 3.63) is 137 Å². The Morgan fingerprint density at radius 1 is 0.600 bits per heavy atom. The van der Waals surface area contributed by atoms with Gasteiger partial charge in [0.1, 0.15) is 11.8 Å². The standard InChI is InChI=1S/C57H68N2O/c1-37-29-41(33-42(30-37)59-49-24-22-40(53(5,6)7)32-47(49)56(12)25-17-18-26-57(56,59)13)58(48-23-21-39(52(2,3)4)31-43(48)38-19-15-14-16-20-38)50-36-60-51-35-46-45(34-44(50)51)54(8,9)27-28-55(46,10)11/h14-16,19-24,29-36H,17-18,25-28H2,1-13H3. The van der Waals surface area contributed by atoms with Gasteiger partial charge in [-0.05, 0) is 149 Å². The van der Waals surface area contributed by atoms with Gasteiger partial charge in [0.25, 0.3) is 0 Å². The zero-order valence-electron chi connectivity index (χ0n) is 38.9. The predicted molar refractivity (Wildman–Crippen MR) is 257 cm³/mol. The molecule has 0 amide bonds. The maximum atomic E-state index is 6.72. The van der Waals surface area contributed by atoms with Gasteiger partial charge in [-0.1, -0.05) is 138 Å². The van der Waals surface area contributed by atoms with E-state index in [2.05, 4.69) is 197 Å². The van der Waals surface area contributed by atoms with Gasteiger partial charge in [-0.3, -0.25) is 0 Å². The molecule has 3 heteroatoms. The van der Waals surface area contributed by atoms with E-state index in [1.54, 1.807) is 0 Å². The van der Waals surface area contributed by atoms with Crippen LogP contribution in [0.25, 0.3) is 22.1 Å². The Morgan fingerprint density at radius 3 is 1.92 bits per heavy atom. The largest absolute Gasteiger partial charge is 0.462 e. The van der Waals surface area contributed by atoms with Crippen LogP contribution in [0.1, 0.15) is 155 Å². The summed E-state index contributed by atoms with van der Waals surface area (Å²) < 4.78 is 6.72. The molecule has 0 saturated heterocycles. The fourth-order valence-corrected chi connectivity index (χ4v) is 11.3. The molecule has 2 aliphatic carbocycles. The Balaban J connectivity index is 1.32. The molecule has 3 aliphatic rings. The summed E-state index contributed by atoms with van der Waals surface area (Å²) in [5, 5.41) is 1.16. The number of furan rings is 1. The predicted octanol–water partition coefficient (Wildman–Crippen LogP) is 16.6. The minimum Gasteiger partial charge on any atom is -0.462 e. The van der Waals surface area contributed by atoms with Crippen LogP contribution in [0.5, 0.6) is 0 Å². The first kappa shape index (κ1) is 40.6. The molecule has 1 aliphatic heterocycles.